The van der Waals surface area contributed by atoms with E-state index in [9.17, 15) is 14.4 Å². The highest BCUT2D eigenvalue weighted by Gasteiger charge is 2.27. The van der Waals surface area contributed by atoms with Crippen molar-refractivity contribution in [2.45, 2.75) is 32.9 Å². The molecule has 0 radical (unpaired) electrons. The number of hydrogen-bond donors (Lipinski definition) is 2. The van der Waals surface area contributed by atoms with Gasteiger partial charge in [0.25, 0.3) is 11.5 Å². The first-order chi connectivity index (χ1) is 14.9. The highest BCUT2D eigenvalue weighted by atomic mass is 79.9. The number of nitrogens with two attached hydrogens (primary N) is 1. The van der Waals surface area contributed by atoms with Gasteiger partial charge in [-0.25, -0.2) is 4.79 Å². The fourth-order valence-electron chi connectivity index (χ4n) is 3.21. The summed E-state index contributed by atoms with van der Waals surface area (Å²) in [4.78, 5) is 42.0. The van der Waals surface area contributed by atoms with Crippen LogP contribution in [0.5, 0.6) is 5.75 Å². The van der Waals surface area contributed by atoms with Crippen LogP contribution in [-0.4, -0.2) is 22.6 Å². The Kier molecular flexibility index (Phi) is 7.01. The third-order valence-corrected chi connectivity index (χ3v) is 5.22. The van der Waals surface area contributed by atoms with Crippen LogP contribution in [0, 0.1) is 0 Å². The van der Waals surface area contributed by atoms with Crippen molar-refractivity contribution in [3.05, 3.63) is 73.2 Å². The number of ether oxygens (including phenoxy) is 1. The number of carbonyl (C=O) groups excluding carboxylic acids is 1. The van der Waals surface area contributed by atoms with Gasteiger partial charge >= 0.3 is 5.69 Å². The Morgan fingerprint density at radius 3 is 2.71 bits per heavy atom. The average molecular weight is 491 g/mol. The highest BCUT2D eigenvalue weighted by molar-refractivity contribution is 9.10. The van der Waals surface area contributed by atoms with Crippen molar-refractivity contribution in [3.8, 4) is 5.75 Å². The number of furan rings is 1. The largest absolute Gasteiger partial charge is 0.496 e. The molecule has 10 heteroatoms. The normalized spacial score (nSPS) is 10.8. The Labute approximate surface area is 186 Å². The average Bonchev–Trinajstić information content (AvgIpc) is 3.18. The predicted octanol–water partition coefficient (Wildman–Crippen LogP) is 3.13. The van der Waals surface area contributed by atoms with E-state index in [2.05, 4.69) is 20.9 Å². The molecule has 31 heavy (non-hydrogen) atoms. The summed E-state index contributed by atoms with van der Waals surface area (Å²) in [6.45, 7) is 2.28. The minimum absolute atomic E-state index is 0.00902. The molecular formula is C21H23BrN4O5. The molecule has 0 unspecified atom stereocenters. The number of benzene rings is 1. The molecule has 0 spiro atoms. The van der Waals surface area contributed by atoms with Crippen LogP contribution in [-0.2, 0) is 13.1 Å². The van der Waals surface area contributed by atoms with E-state index in [4.69, 9.17) is 14.9 Å². The number of amides is 1. The summed E-state index contributed by atoms with van der Waals surface area (Å²) in [5.74, 6) is -0.0470. The number of H-pyrrole nitrogens is 1. The predicted molar refractivity (Wildman–Crippen MR) is 121 cm³/mol. The van der Waals surface area contributed by atoms with Crippen LogP contribution >= 0.6 is 15.9 Å². The van der Waals surface area contributed by atoms with E-state index in [1.54, 1.807) is 24.3 Å². The van der Waals surface area contributed by atoms with Gasteiger partial charge in [-0.15, -0.1) is 0 Å². The minimum atomic E-state index is -0.749. The summed E-state index contributed by atoms with van der Waals surface area (Å²) in [6, 6.07) is 8.62. The number of anilines is 2. The summed E-state index contributed by atoms with van der Waals surface area (Å²) in [5.41, 5.74) is 5.66. The van der Waals surface area contributed by atoms with Crippen LogP contribution in [0.15, 0.2) is 55.3 Å². The Bertz CT molecular complexity index is 1200. The Morgan fingerprint density at radius 1 is 1.32 bits per heavy atom. The minimum Gasteiger partial charge on any atom is -0.496 e. The fraction of sp³-hybridized carbons (Fsp3) is 0.286. The van der Waals surface area contributed by atoms with Gasteiger partial charge < -0.3 is 14.9 Å². The molecule has 3 aromatic rings. The van der Waals surface area contributed by atoms with E-state index in [-0.39, 0.29) is 23.6 Å². The van der Waals surface area contributed by atoms with Gasteiger partial charge in [-0.05, 0) is 28.4 Å². The van der Waals surface area contributed by atoms with Crippen LogP contribution < -0.4 is 26.6 Å². The van der Waals surface area contributed by atoms with E-state index in [1.165, 1.54) is 28.9 Å². The van der Waals surface area contributed by atoms with Crippen LogP contribution in [0.2, 0.25) is 0 Å². The maximum atomic E-state index is 13.4. The van der Waals surface area contributed by atoms with Gasteiger partial charge in [-0.3, -0.25) is 24.0 Å². The lowest BCUT2D eigenvalue weighted by Crippen LogP contribution is -2.41. The van der Waals surface area contributed by atoms with Gasteiger partial charge in [0.2, 0.25) is 0 Å². The van der Waals surface area contributed by atoms with Crippen LogP contribution in [0.3, 0.4) is 0 Å². The number of nitrogens with zero attached hydrogens (tertiary/aromatic N) is 2. The summed E-state index contributed by atoms with van der Waals surface area (Å²) in [6.07, 6.45) is 2.79. The number of rotatable bonds is 8. The summed E-state index contributed by atoms with van der Waals surface area (Å²) in [5, 5.41) is 0. The molecule has 1 amide bonds. The molecule has 0 aliphatic heterocycles. The topological polar surface area (TPSA) is 124 Å². The molecule has 3 rings (SSSR count). The van der Waals surface area contributed by atoms with Crippen molar-refractivity contribution < 1.29 is 13.9 Å². The van der Waals surface area contributed by atoms with E-state index < -0.39 is 17.2 Å². The second kappa shape index (κ2) is 9.69. The molecule has 9 nitrogen and oxygen atoms in total. The molecule has 0 saturated heterocycles. The van der Waals surface area contributed by atoms with Crippen molar-refractivity contribution in [1.82, 2.24) is 9.55 Å². The molecule has 3 N–H and O–H groups in total. The number of aromatic nitrogens is 2. The summed E-state index contributed by atoms with van der Waals surface area (Å²) < 4.78 is 12.2. The standard InChI is InChI=1S/C21H23BrN4O5/c1-3-4-9-25-18(23)17(19(27)24-21(25)29)26(20(28)14-10-16(22)31-12-14)11-13-7-5-6-8-15(13)30-2/h5-8,10,12H,3-4,9,11,23H2,1-2H3,(H,24,27,29). The molecule has 164 valence electrons. The first-order valence-corrected chi connectivity index (χ1v) is 10.5. The first-order valence-electron chi connectivity index (χ1n) is 9.67. The Morgan fingerprint density at radius 2 is 2.06 bits per heavy atom. The number of nitrogen functional groups attached to an aromatic ring is 1. The number of nitrogens with one attached hydrogen (secondary N) is 1. The lowest BCUT2D eigenvalue weighted by Gasteiger charge is -2.25. The quantitative estimate of drug-likeness (QED) is 0.499. The van der Waals surface area contributed by atoms with Gasteiger partial charge in [0.05, 0.1) is 19.2 Å². The molecule has 2 aromatic heterocycles. The third kappa shape index (κ3) is 4.74. The zero-order chi connectivity index (χ0) is 22.5. The lowest BCUT2D eigenvalue weighted by molar-refractivity contribution is 0.0984. The lowest BCUT2D eigenvalue weighted by atomic mass is 10.1. The molecule has 0 aliphatic rings. The maximum absolute atomic E-state index is 13.4. The zero-order valence-corrected chi connectivity index (χ0v) is 18.8. The molecular weight excluding hydrogens is 468 g/mol. The number of carbonyl (C=O) groups is 1. The molecule has 1 aromatic carbocycles. The number of para-hydroxylation sites is 1. The molecule has 2 heterocycles. The summed E-state index contributed by atoms with van der Waals surface area (Å²) >= 11 is 3.18. The fourth-order valence-corrected chi connectivity index (χ4v) is 3.55. The van der Waals surface area contributed by atoms with Crippen molar-refractivity contribution in [2.24, 2.45) is 0 Å². The van der Waals surface area contributed by atoms with Gasteiger partial charge in [0.1, 0.15) is 17.8 Å². The van der Waals surface area contributed by atoms with E-state index >= 15 is 0 Å². The molecule has 0 atom stereocenters. The highest BCUT2D eigenvalue weighted by Crippen LogP contribution is 2.27. The van der Waals surface area contributed by atoms with Crippen molar-refractivity contribution in [1.29, 1.82) is 0 Å². The molecule has 0 fully saturated rings. The Hall–Kier alpha value is -3.27. The monoisotopic (exact) mass is 490 g/mol. The number of halogens is 1. The van der Waals surface area contributed by atoms with Crippen molar-refractivity contribution >= 4 is 33.3 Å². The molecule has 0 saturated carbocycles. The van der Waals surface area contributed by atoms with Gasteiger partial charge in [-0.2, -0.15) is 0 Å². The Balaban J connectivity index is 2.17. The number of hydrogen-bond acceptors (Lipinski definition) is 6. The van der Waals surface area contributed by atoms with Crippen LogP contribution in [0.1, 0.15) is 35.7 Å². The third-order valence-electron chi connectivity index (χ3n) is 4.80. The molecule has 0 aliphatic carbocycles. The summed E-state index contributed by atoms with van der Waals surface area (Å²) in [7, 11) is 1.52. The van der Waals surface area contributed by atoms with Crippen molar-refractivity contribution in [3.63, 3.8) is 0 Å². The van der Waals surface area contributed by atoms with Gasteiger partial charge in [-0.1, -0.05) is 31.5 Å². The van der Waals surface area contributed by atoms with Crippen molar-refractivity contribution in [2.75, 3.05) is 17.7 Å². The first kappa shape index (κ1) is 22.4. The van der Waals surface area contributed by atoms with E-state index in [1.807, 2.05) is 6.92 Å². The zero-order valence-electron chi connectivity index (χ0n) is 17.2. The smallest absolute Gasteiger partial charge is 0.330 e. The number of methoxy groups -OCH3 is 1. The molecule has 0 bridgehead atoms. The SMILES string of the molecule is CCCCn1c(N)c(N(Cc2ccccc2OC)C(=O)c2coc(Br)c2)c(=O)[nH]c1=O. The number of aromatic amines is 1. The maximum Gasteiger partial charge on any atom is 0.330 e. The number of unbranched alkanes of at least 4 members (excludes halogenated alkanes) is 1. The second-order valence-corrected chi connectivity index (χ2v) is 7.62. The van der Waals surface area contributed by atoms with Gasteiger partial charge in [0, 0.05) is 18.2 Å². The van der Waals surface area contributed by atoms with Crippen LogP contribution in [0.4, 0.5) is 11.5 Å². The van der Waals surface area contributed by atoms with E-state index in [0.29, 0.717) is 28.9 Å². The van der Waals surface area contributed by atoms with Gasteiger partial charge in [0.15, 0.2) is 10.4 Å². The van der Waals surface area contributed by atoms with E-state index in [0.717, 1.165) is 6.42 Å². The van der Waals surface area contributed by atoms with Crippen LogP contribution in [0.25, 0.3) is 0 Å². The second-order valence-electron chi connectivity index (χ2n) is 6.84.